The molecule has 5 aliphatic rings. The van der Waals surface area contributed by atoms with E-state index in [0.717, 1.165) is 66.6 Å². The summed E-state index contributed by atoms with van der Waals surface area (Å²) < 4.78 is 86.7. The van der Waals surface area contributed by atoms with Crippen LogP contribution in [0.5, 0.6) is 0 Å². The van der Waals surface area contributed by atoms with Crippen LogP contribution in [0.2, 0.25) is 0 Å². The molecule has 32 heteroatoms. The Labute approximate surface area is 676 Å². The van der Waals surface area contributed by atoms with Gasteiger partial charge in [-0.25, -0.2) is 4.79 Å². The first kappa shape index (κ1) is 86.7. The fourth-order valence-electron chi connectivity index (χ4n) is 11.8. The summed E-state index contributed by atoms with van der Waals surface area (Å²) in [7, 11) is 1.44. The van der Waals surface area contributed by atoms with E-state index >= 15 is 0 Å². The van der Waals surface area contributed by atoms with Crippen molar-refractivity contribution in [1.29, 1.82) is 0 Å². The molecule has 10 aromatic rings. The van der Waals surface area contributed by atoms with E-state index in [9.17, 15) is 9.59 Å². The van der Waals surface area contributed by atoms with E-state index in [1.54, 1.807) is 40.1 Å². The van der Waals surface area contributed by atoms with Gasteiger partial charge in [-0.1, -0.05) is 145 Å². The average molecular weight is 1570 g/mol. The Hall–Kier alpha value is -9.20. The van der Waals surface area contributed by atoms with Crippen LogP contribution < -0.4 is 32.6 Å². The smallest absolute Gasteiger partial charge is 0.461 e. The van der Waals surface area contributed by atoms with Gasteiger partial charge in [0.15, 0.2) is 22.9 Å². The van der Waals surface area contributed by atoms with Crippen LogP contribution in [-0.4, -0.2) is 163 Å². The Balaban J connectivity index is 0.000000142. The van der Waals surface area contributed by atoms with Gasteiger partial charge in [-0.15, -0.1) is 20.4 Å². The molecule has 5 aromatic carbocycles. The van der Waals surface area contributed by atoms with Gasteiger partial charge in [0.1, 0.15) is 11.5 Å². The quantitative estimate of drug-likeness (QED) is 0.0828. The summed E-state index contributed by atoms with van der Waals surface area (Å²) in [5.74, 6) is 2.83. The van der Waals surface area contributed by atoms with Crippen LogP contribution in [0, 0.1) is 6.92 Å². The zero-order valence-electron chi connectivity index (χ0n) is 71.3. The number of carbonyl (C=O) groups excluding carboxylic acids is 2. The zero-order valence-corrected chi connectivity index (χ0v) is 71.3. The number of amides is 1. The summed E-state index contributed by atoms with van der Waals surface area (Å²) in [5, 5.41) is 34.1. The van der Waals surface area contributed by atoms with E-state index < -0.39 is 20.2 Å². The van der Waals surface area contributed by atoms with E-state index in [1.165, 1.54) is 4.80 Å². The maximum absolute atomic E-state index is 11.7. The molecule has 15 rings (SSSR count). The number of rotatable bonds is 13. The predicted octanol–water partition coefficient (Wildman–Crippen LogP) is 12.3. The molecule has 0 aliphatic carbocycles. The second kappa shape index (κ2) is 32.7. The molecule has 5 saturated heterocycles. The summed E-state index contributed by atoms with van der Waals surface area (Å²) in [4.78, 5) is 24.6. The molecule has 10 heterocycles. The number of tetrazole rings is 1. The lowest BCUT2D eigenvalue weighted by molar-refractivity contribution is 0.00578. The first-order valence-electron chi connectivity index (χ1n) is 38.7. The second-order valence-electron chi connectivity index (χ2n) is 35.1. The molecule has 27 nitrogen and oxygen atoms in total. The summed E-state index contributed by atoms with van der Waals surface area (Å²) in [6.07, 6.45) is 0. The number of carbonyl (C=O) groups is 2. The predicted molar refractivity (Wildman–Crippen MR) is 441 cm³/mol. The topological polar surface area (TPSA) is 308 Å². The highest BCUT2D eigenvalue weighted by Gasteiger charge is 2.56. The van der Waals surface area contributed by atoms with Crippen LogP contribution in [0.15, 0.2) is 158 Å². The minimum Gasteiger partial charge on any atom is -0.461 e. The molecule has 0 atom stereocenters. The molecule has 0 bridgehead atoms. The van der Waals surface area contributed by atoms with Crippen LogP contribution in [0.4, 0.5) is 0 Å². The lowest BCUT2D eigenvalue weighted by Crippen LogP contribution is -2.41. The highest BCUT2D eigenvalue weighted by molar-refractivity contribution is 6.64. The van der Waals surface area contributed by atoms with Gasteiger partial charge >= 0.3 is 41.6 Å². The number of hydrogen-bond donors (Lipinski definition) is 1. The van der Waals surface area contributed by atoms with Gasteiger partial charge < -0.3 is 74.6 Å². The molecule has 115 heavy (non-hydrogen) atoms. The number of aromatic nitrogens is 9. The standard InChI is InChI=1S/C19H26BNO3.C18H22BNO5.C17H21BN2O4.C15H19BN2O3.C14H19BN4O2/c1-17(2,3)16-12-15(21-22-16)13-8-10-14(11-9-13)20-23-18(4,5)19(6,7)24-20;1-6-22-16(21)14-11-15(23-20-14)12-7-9-13(10-8-12)19-24-17(2,3)18(4,5)25-19;1-16(2)17(3,4)24-18(23-16)12-8-6-11(7-9-12)14-10-13(20-22-14)15(21)19-5;1-10-17-18-13(19-10)11-6-8-12(9-7-11)16-20-14(2,3)15(4,5)21-16;1-13(2)14(3,4)21-15(20-13)11-8-6-10(7-9-11)12-16-18-19(5)17-12/h8-12H,1-7H3;7-11H,6H2,1-5H3;6-10H,1-5H3,(H,19,21);2*6-9H,1-5H3. The van der Waals surface area contributed by atoms with Crippen molar-refractivity contribution in [3.63, 3.8) is 0 Å². The van der Waals surface area contributed by atoms with Crippen molar-refractivity contribution >= 4 is 74.8 Å². The molecule has 0 unspecified atom stereocenters. The molecule has 1 amide bonds. The first-order chi connectivity index (χ1) is 53.5. The van der Waals surface area contributed by atoms with Gasteiger partial charge in [-0.2, -0.15) is 4.80 Å². The number of nitrogens with zero attached hydrogens (tertiary/aromatic N) is 9. The minimum atomic E-state index is -0.494. The fraction of sp³-hybridized carbons (Fsp3) is 0.470. The second-order valence-corrected chi connectivity index (χ2v) is 35.1. The molecule has 606 valence electrons. The van der Waals surface area contributed by atoms with Crippen molar-refractivity contribution in [3.05, 3.63) is 163 Å². The van der Waals surface area contributed by atoms with Gasteiger partial charge in [-0.3, -0.25) is 4.79 Å². The van der Waals surface area contributed by atoms with E-state index in [4.69, 9.17) is 69.3 Å². The van der Waals surface area contributed by atoms with E-state index in [0.29, 0.717) is 35.7 Å². The largest absolute Gasteiger partial charge is 0.494 e. The Morgan fingerprint density at radius 1 is 0.417 bits per heavy atom. The van der Waals surface area contributed by atoms with Crippen LogP contribution in [0.3, 0.4) is 0 Å². The van der Waals surface area contributed by atoms with Crippen LogP contribution in [0.1, 0.15) is 199 Å². The SMILES string of the molecule is CC(C)(C)c1cc(-c2ccc(B3OC(C)(C)C(C)(C)O3)cc2)no1.CCOC(=O)c1cc(-c2ccc(B3OC(C)(C)C(C)(C)O3)cc2)on1.CNC(=O)c1cc(-c2ccc(B3OC(C)(C)C(C)(C)O3)cc2)on1.Cc1nnc(-c2ccc(B3OC(C)(C)C(C)(C)O3)cc2)o1.Cn1nnc(-c2ccc(B3OC(C)(C)C(C)(C)O3)cc2)n1. The highest BCUT2D eigenvalue weighted by atomic mass is 16.7. The Morgan fingerprint density at radius 3 is 1.03 bits per heavy atom. The van der Waals surface area contributed by atoms with Crippen molar-refractivity contribution in [2.24, 2.45) is 7.05 Å². The maximum Gasteiger partial charge on any atom is 0.494 e. The maximum atomic E-state index is 11.7. The van der Waals surface area contributed by atoms with Crippen LogP contribution in [-0.2, 0) is 63.7 Å². The molecule has 1 N–H and O–H groups in total. The number of benzene rings is 5. The highest BCUT2D eigenvalue weighted by Crippen LogP contribution is 2.42. The zero-order chi connectivity index (χ0) is 84.0. The Morgan fingerprint density at radius 2 is 0.739 bits per heavy atom. The minimum absolute atomic E-state index is 0.0477. The Bertz CT molecular complexity index is 4790. The van der Waals surface area contributed by atoms with Gasteiger partial charge in [0.25, 0.3) is 5.91 Å². The molecule has 0 radical (unpaired) electrons. The monoisotopic (exact) mass is 1570 g/mol. The van der Waals surface area contributed by atoms with Crippen LogP contribution in [0.25, 0.3) is 56.7 Å². The molecule has 5 fully saturated rings. The summed E-state index contributed by atoms with van der Waals surface area (Å²) in [5.41, 5.74) is 7.03. The number of aryl methyl sites for hydroxylation is 2. The molecule has 0 saturated carbocycles. The molecule has 5 aromatic heterocycles. The van der Waals surface area contributed by atoms with Gasteiger partial charge in [0.05, 0.1) is 69.7 Å². The summed E-state index contributed by atoms with van der Waals surface area (Å²) in [6.45, 7) is 50.9. The van der Waals surface area contributed by atoms with Gasteiger partial charge in [-0.05, 0) is 190 Å². The van der Waals surface area contributed by atoms with Gasteiger partial charge in [0, 0.05) is 65.4 Å². The molecular weight excluding hydrogens is 1460 g/mol. The first-order valence-corrected chi connectivity index (χ1v) is 38.7. The number of hydrogen-bond acceptors (Lipinski definition) is 25. The van der Waals surface area contributed by atoms with Crippen molar-refractivity contribution in [1.82, 2.24) is 51.2 Å². The fourth-order valence-corrected chi connectivity index (χ4v) is 11.8. The van der Waals surface area contributed by atoms with Crippen LogP contribution >= 0.6 is 0 Å². The van der Waals surface area contributed by atoms with Gasteiger partial charge in [0.2, 0.25) is 17.6 Å². The van der Waals surface area contributed by atoms with E-state index in [1.807, 2.05) is 238 Å². The summed E-state index contributed by atoms with van der Waals surface area (Å²) >= 11 is 0. The van der Waals surface area contributed by atoms with E-state index in [2.05, 4.69) is 94.9 Å². The number of nitrogens with one attached hydrogen (secondary N) is 1. The lowest BCUT2D eigenvalue weighted by atomic mass is 9.79. The van der Waals surface area contributed by atoms with Crippen molar-refractivity contribution in [2.75, 3.05) is 13.7 Å². The average Bonchev–Trinajstić information content (AvgIpc) is 1.64. The van der Waals surface area contributed by atoms with E-state index in [-0.39, 0.29) is 100 Å². The normalized spacial score (nSPS) is 19.3. The Kier molecular flexibility index (Phi) is 24.7. The number of ether oxygens (including phenoxy) is 1. The molecular formula is C83H107B5N10O17. The molecule has 0 spiro atoms. The third-order valence-corrected chi connectivity index (χ3v) is 22.8. The van der Waals surface area contributed by atoms with Crippen molar-refractivity contribution in [3.8, 4) is 56.7 Å². The third-order valence-electron chi connectivity index (χ3n) is 22.8. The molecule has 5 aliphatic heterocycles. The van der Waals surface area contributed by atoms with Crippen molar-refractivity contribution in [2.45, 2.75) is 235 Å². The number of esters is 1. The lowest BCUT2D eigenvalue weighted by Gasteiger charge is -2.32. The summed E-state index contributed by atoms with van der Waals surface area (Å²) in [6, 6.07) is 44.3. The van der Waals surface area contributed by atoms with Crippen molar-refractivity contribution < 1.29 is 78.9 Å². The third kappa shape index (κ3) is 19.3.